The molecule has 4 nitrogen and oxygen atoms in total. The first-order valence-electron chi connectivity index (χ1n) is 7.82. The highest BCUT2D eigenvalue weighted by atomic mass is 16.3. The van der Waals surface area contributed by atoms with Gasteiger partial charge in [-0.1, -0.05) is 12.1 Å². The van der Waals surface area contributed by atoms with Gasteiger partial charge in [0, 0.05) is 18.6 Å². The second-order valence-electron chi connectivity index (χ2n) is 6.24. The van der Waals surface area contributed by atoms with Crippen LogP contribution in [0, 0.1) is 0 Å². The zero-order chi connectivity index (χ0) is 15.4. The van der Waals surface area contributed by atoms with E-state index in [0.29, 0.717) is 11.8 Å². The minimum absolute atomic E-state index is 0.0257. The number of hydrogen-bond donors (Lipinski definition) is 2. The minimum atomic E-state index is -0.0257. The number of benzene rings is 1. The predicted molar refractivity (Wildman–Crippen MR) is 84.3 cm³/mol. The molecule has 0 spiro atoms. The molecule has 21 heavy (non-hydrogen) atoms. The molecule has 0 bridgehead atoms. The Morgan fingerprint density at radius 1 is 1.29 bits per heavy atom. The second kappa shape index (κ2) is 6.94. The molecule has 0 unspecified atom stereocenters. The molecule has 2 atom stereocenters. The van der Waals surface area contributed by atoms with E-state index in [1.807, 2.05) is 17.0 Å². The number of aryl methyl sites for hydroxylation is 1. The van der Waals surface area contributed by atoms with Crippen molar-refractivity contribution in [3.05, 3.63) is 29.8 Å². The van der Waals surface area contributed by atoms with Crippen LogP contribution in [0.4, 0.5) is 0 Å². The number of nitrogens with one attached hydrogen (secondary N) is 1. The van der Waals surface area contributed by atoms with Crippen LogP contribution in [0.15, 0.2) is 24.3 Å². The van der Waals surface area contributed by atoms with Crippen molar-refractivity contribution in [2.45, 2.75) is 58.2 Å². The van der Waals surface area contributed by atoms with Gasteiger partial charge in [0.15, 0.2) is 0 Å². The quantitative estimate of drug-likeness (QED) is 0.845. The van der Waals surface area contributed by atoms with E-state index in [0.717, 1.165) is 25.8 Å². The van der Waals surface area contributed by atoms with Gasteiger partial charge in [0.25, 0.3) is 0 Å². The maximum Gasteiger partial charge on any atom is 0.240 e. The van der Waals surface area contributed by atoms with Crippen LogP contribution in [0.25, 0.3) is 0 Å². The van der Waals surface area contributed by atoms with Crippen LogP contribution in [0.2, 0.25) is 0 Å². The Morgan fingerprint density at radius 2 is 1.95 bits per heavy atom. The Balaban J connectivity index is 1.78. The van der Waals surface area contributed by atoms with Gasteiger partial charge < -0.3 is 15.3 Å². The Labute approximate surface area is 127 Å². The molecule has 1 aromatic carbocycles. The van der Waals surface area contributed by atoms with E-state index in [4.69, 9.17) is 0 Å². The third-order valence-corrected chi connectivity index (χ3v) is 4.15. The Hall–Kier alpha value is -1.55. The van der Waals surface area contributed by atoms with Crippen molar-refractivity contribution < 1.29 is 9.90 Å². The molecule has 1 saturated heterocycles. The molecule has 0 radical (unpaired) electrons. The van der Waals surface area contributed by atoms with Gasteiger partial charge in [0.05, 0.1) is 6.04 Å². The molecule has 1 aromatic rings. The highest BCUT2D eigenvalue weighted by Gasteiger charge is 2.33. The van der Waals surface area contributed by atoms with Crippen LogP contribution >= 0.6 is 0 Å². The van der Waals surface area contributed by atoms with Gasteiger partial charge in [0.2, 0.25) is 5.91 Å². The number of rotatable bonds is 6. The zero-order valence-corrected chi connectivity index (χ0v) is 13.2. The summed E-state index contributed by atoms with van der Waals surface area (Å²) in [5.41, 5.74) is 1.21. The van der Waals surface area contributed by atoms with Gasteiger partial charge in [-0.25, -0.2) is 0 Å². The molecule has 1 fully saturated rings. The second-order valence-corrected chi connectivity index (χ2v) is 6.24. The lowest BCUT2D eigenvalue weighted by molar-refractivity contribution is -0.130. The predicted octanol–water partition coefficient (Wildman–Crippen LogP) is 2.31. The molecule has 2 N–H and O–H groups in total. The first kappa shape index (κ1) is 15.8. The fourth-order valence-corrected chi connectivity index (χ4v) is 2.84. The summed E-state index contributed by atoms with van der Waals surface area (Å²) in [6.45, 7) is 7.12. The highest BCUT2D eigenvalue weighted by molar-refractivity contribution is 5.84. The van der Waals surface area contributed by atoms with Crippen LogP contribution in [0.3, 0.4) is 0 Å². The fraction of sp³-hybridized carbons (Fsp3) is 0.588. The summed E-state index contributed by atoms with van der Waals surface area (Å²) in [6.07, 6.45) is 2.83. The third kappa shape index (κ3) is 4.21. The largest absolute Gasteiger partial charge is 0.508 e. The Kier molecular flexibility index (Phi) is 5.23. The molecule has 2 rings (SSSR count). The maximum absolute atomic E-state index is 12.2. The van der Waals surface area contributed by atoms with E-state index in [-0.39, 0.29) is 18.0 Å². The molecular formula is C17H26N2O2. The van der Waals surface area contributed by atoms with Gasteiger partial charge in [-0.05, 0) is 57.7 Å². The summed E-state index contributed by atoms with van der Waals surface area (Å²) < 4.78 is 0. The lowest BCUT2D eigenvalue weighted by atomic mass is 10.1. The third-order valence-electron chi connectivity index (χ3n) is 4.15. The van der Waals surface area contributed by atoms with Gasteiger partial charge in [0.1, 0.15) is 5.75 Å². The minimum Gasteiger partial charge on any atom is -0.508 e. The summed E-state index contributed by atoms with van der Waals surface area (Å²) in [6, 6.07) is 7.90. The number of amides is 1. The molecule has 0 aliphatic carbocycles. The normalized spacial score (nSPS) is 20.3. The van der Waals surface area contributed by atoms with Crippen LogP contribution in [-0.4, -0.2) is 40.6 Å². The summed E-state index contributed by atoms with van der Waals surface area (Å²) in [4.78, 5) is 14.2. The van der Waals surface area contributed by atoms with E-state index >= 15 is 0 Å². The van der Waals surface area contributed by atoms with E-state index in [1.165, 1.54) is 5.56 Å². The number of hydrogen-bond acceptors (Lipinski definition) is 3. The van der Waals surface area contributed by atoms with Gasteiger partial charge in [-0.2, -0.15) is 0 Å². The molecule has 1 amide bonds. The van der Waals surface area contributed by atoms with Crippen molar-refractivity contribution in [1.82, 2.24) is 10.2 Å². The number of nitrogens with zero attached hydrogens (tertiary/aromatic N) is 1. The topological polar surface area (TPSA) is 52.6 Å². The van der Waals surface area contributed by atoms with Gasteiger partial charge in [-0.3, -0.25) is 4.79 Å². The lowest BCUT2D eigenvalue weighted by Crippen LogP contribution is -2.44. The van der Waals surface area contributed by atoms with Crippen molar-refractivity contribution in [2.24, 2.45) is 0 Å². The van der Waals surface area contributed by atoms with Crippen LogP contribution in [0.5, 0.6) is 5.75 Å². The smallest absolute Gasteiger partial charge is 0.240 e. The first-order valence-corrected chi connectivity index (χ1v) is 7.82. The average Bonchev–Trinajstić information content (AvgIpc) is 2.80. The first-order chi connectivity index (χ1) is 9.97. The summed E-state index contributed by atoms with van der Waals surface area (Å²) in [5, 5.41) is 12.7. The number of likely N-dealkylation sites (tertiary alicyclic amines) is 1. The van der Waals surface area contributed by atoms with E-state index in [1.54, 1.807) is 12.1 Å². The average molecular weight is 290 g/mol. The van der Waals surface area contributed by atoms with Crippen molar-refractivity contribution in [2.75, 3.05) is 6.54 Å². The number of phenolic OH excluding ortho intramolecular Hbond substituents is 1. The SMILES string of the molecule is CC(C)N1CC[C@H](N[C@@H](C)CCc2ccc(O)cc2)C1=O. The fourth-order valence-electron chi connectivity index (χ4n) is 2.84. The van der Waals surface area contributed by atoms with E-state index in [2.05, 4.69) is 26.1 Å². The highest BCUT2D eigenvalue weighted by Crippen LogP contribution is 2.16. The van der Waals surface area contributed by atoms with Gasteiger partial charge >= 0.3 is 0 Å². The standard InChI is InChI=1S/C17H26N2O2/c1-12(2)19-11-10-16(17(19)21)18-13(3)4-5-14-6-8-15(20)9-7-14/h6-9,12-13,16,18,20H,4-5,10-11H2,1-3H3/t13-,16-/m0/s1. The monoisotopic (exact) mass is 290 g/mol. The van der Waals surface area contributed by atoms with Crippen molar-refractivity contribution in [3.63, 3.8) is 0 Å². The van der Waals surface area contributed by atoms with Crippen molar-refractivity contribution in [1.29, 1.82) is 0 Å². The number of phenols is 1. The molecular weight excluding hydrogens is 264 g/mol. The number of carbonyl (C=O) groups is 1. The number of aromatic hydroxyl groups is 1. The summed E-state index contributed by atoms with van der Waals surface area (Å²) in [7, 11) is 0. The van der Waals surface area contributed by atoms with Crippen molar-refractivity contribution in [3.8, 4) is 5.75 Å². The summed E-state index contributed by atoms with van der Waals surface area (Å²) in [5.74, 6) is 0.539. The zero-order valence-electron chi connectivity index (χ0n) is 13.2. The molecule has 116 valence electrons. The van der Waals surface area contributed by atoms with Crippen LogP contribution in [-0.2, 0) is 11.2 Å². The Morgan fingerprint density at radius 3 is 2.52 bits per heavy atom. The van der Waals surface area contributed by atoms with Gasteiger partial charge in [-0.15, -0.1) is 0 Å². The molecule has 1 heterocycles. The molecule has 0 aromatic heterocycles. The molecule has 4 heteroatoms. The van der Waals surface area contributed by atoms with E-state index < -0.39 is 0 Å². The number of carbonyl (C=O) groups excluding carboxylic acids is 1. The Bertz CT molecular complexity index is 470. The lowest BCUT2D eigenvalue weighted by Gasteiger charge is -2.22. The van der Waals surface area contributed by atoms with Crippen molar-refractivity contribution >= 4 is 5.91 Å². The van der Waals surface area contributed by atoms with Crippen LogP contribution < -0.4 is 5.32 Å². The summed E-state index contributed by atoms with van der Waals surface area (Å²) >= 11 is 0. The van der Waals surface area contributed by atoms with E-state index in [9.17, 15) is 9.90 Å². The molecule has 1 aliphatic rings. The van der Waals surface area contributed by atoms with Crippen LogP contribution in [0.1, 0.15) is 39.2 Å². The maximum atomic E-state index is 12.2. The molecule has 1 aliphatic heterocycles. The molecule has 0 saturated carbocycles.